The van der Waals surface area contributed by atoms with E-state index in [2.05, 4.69) is 27.5 Å². The van der Waals surface area contributed by atoms with Crippen molar-refractivity contribution in [3.63, 3.8) is 0 Å². The number of hydrogen-bond acceptors (Lipinski definition) is 7. The third kappa shape index (κ3) is 6.68. The largest absolute Gasteiger partial charge is 0.494 e. The number of rotatable bonds is 14. The van der Waals surface area contributed by atoms with Gasteiger partial charge in [-0.2, -0.15) is 0 Å². The molecule has 10 heteroatoms. The Morgan fingerprint density at radius 2 is 1.90 bits per heavy atom. The lowest BCUT2D eigenvalue weighted by molar-refractivity contribution is -0.129. The first-order chi connectivity index (χ1) is 19.6. The lowest BCUT2D eigenvalue weighted by atomic mass is 9.81. The van der Waals surface area contributed by atoms with Crippen LogP contribution < -0.4 is 15.6 Å². The van der Waals surface area contributed by atoms with Crippen LogP contribution in [0.2, 0.25) is 0 Å². The van der Waals surface area contributed by atoms with Crippen LogP contribution >= 0.6 is 0 Å². The summed E-state index contributed by atoms with van der Waals surface area (Å²) in [5.74, 6) is 0.579. The number of aliphatic imine (C=N–C) groups is 1. The van der Waals surface area contributed by atoms with E-state index in [9.17, 15) is 4.79 Å². The maximum absolute atomic E-state index is 14.0. The number of aliphatic hydroxyl groups excluding tert-OH is 1. The normalized spacial score (nSPS) is 17.7. The average Bonchev–Trinajstić information content (AvgIpc) is 3.37. The molecular formula is C30H32N6O4. The molecule has 0 saturated heterocycles. The number of ether oxygens (including phenoxy) is 2. The zero-order valence-electron chi connectivity index (χ0n) is 22.1. The van der Waals surface area contributed by atoms with Crippen LogP contribution in [0.5, 0.6) is 5.75 Å². The molecule has 1 aliphatic heterocycles. The van der Waals surface area contributed by atoms with E-state index < -0.39 is 11.6 Å². The summed E-state index contributed by atoms with van der Waals surface area (Å²) in [7, 11) is 0. The minimum atomic E-state index is -1.40. The molecule has 40 heavy (non-hydrogen) atoms. The van der Waals surface area contributed by atoms with Crippen molar-refractivity contribution >= 4 is 11.8 Å². The molecule has 0 saturated carbocycles. The molecule has 1 heterocycles. The van der Waals surface area contributed by atoms with Crippen LogP contribution in [-0.4, -0.2) is 42.2 Å². The van der Waals surface area contributed by atoms with Crippen LogP contribution in [0, 0.1) is 0 Å². The van der Waals surface area contributed by atoms with Crippen molar-refractivity contribution in [2.24, 2.45) is 10.1 Å². The van der Waals surface area contributed by atoms with E-state index in [1.807, 2.05) is 66.7 Å². The molecule has 10 nitrogen and oxygen atoms in total. The molecule has 2 atom stereocenters. The van der Waals surface area contributed by atoms with Gasteiger partial charge in [0.05, 0.1) is 13.2 Å². The molecule has 0 radical (unpaired) electrons. The number of carbonyl (C=O) groups excluding carboxylic acids is 1. The molecule has 1 aliphatic rings. The Kier molecular flexibility index (Phi) is 9.90. The topological polar surface area (TPSA) is 141 Å². The van der Waals surface area contributed by atoms with Gasteiger partial charge in [0.15, 0.2) is 11.6 Å². The monoisotopic (exact) mass is 540 g/mol. The van der Waals surface area contributed by atoms with Gasteiger partial charge in [0.1, 0.15) is 5.75 Å². The van der Waals surface area contributed by atoms with Crippen LogP contribution in [0.15, 0.2) is 102 Å². The summed E-state index contributed by atoms with van der Waals surface area (Å²) >= 11 is 0. The van der Waals surface area contributed by atoms with E-state index in [1.165, 1.54) is 0 Å². The van der Waals surface area contributed by atoms with Gasteiger partial charge in [0.25, 0.3) is 5.91 Å². The number of aliphatic hydroxyl groups is 1. The Labute approximate surface area is 233 Å². The number of hydrogen-bond donors (Lipinski definition) is 3. The zero-order chi connectivity index (χ0) is 28.2. The molecule has 0 bridgehead atoms. The fraction of sp³-hybridized carbons (Fsp3) is 0.267. The number of nitrogens with zero attached hydrogens (tertiary/aromatic N) is 4. The average molecular weight is 541 g/mol. The summed E-state index contributed by atoms with van der Waals surface area (Å²) in [5, 5.41) is 12.8. The van der Waals surface area contributed by atoms with Crippen molar-refractivity contribution in [2.45, 2.75) is 31.0 Å². The number of amides is 1. The molecule has 0 unspecified atom stereocenters. The summed E-state index contributed by atoms with van der Waals surface area (Å²) in [6, 6.07) is 24.3. The summed E-state index contributed by atoms with van der Waals surface area (Å²) < 4.78 is 12.2. The van der Waals surface area contributed by atoms with Crippen molar-refractivity contribution < 1.29 is 19.4 Å². The molecule has 3 aromatic carbocycles. The van der Waals surface area contributed by atoms with E-state index in [0.29, 0.717) is 42.3 Å². The highest BCUT2D eigenvalue weighted by Crippen LogP contribution is 2.43. The van der Waals surface area contributed by atoms with Gasteiger partial charge in [0, 0.05) is 36.5 Å². The third-order valence-corrected chi connectivity index (χ3v) is 6.44. The lowest BCUT2D eigenvalue weighted by Crippen LogP contribution is -2.54. The smallest absolute Gasteiger partial charge is 0.266 e. The summed E-state index contributed by atoms with van der Waals surface area (Å²) in [4.78, 5) is 21.9. The zero-order valence-corrected chi connectivity index (χ0v) is 22.1. The van der Waals surface area contributed by atoms with E-state index in [4.69, 9.17) is 25.1 Å². The van der Waals surface area contributed by atoms with Crippen molar-refractivity contribution in [2.75, 3.05) is 19.8 Å². The van der Waals surface area contributed by atoms with Crippen LogP contribution in [0.4, 0.5) is 0 Å². The number of carbonyl (C=O) groups is 1. The molecule has 0 spiro atoms. The van der Waals surface area contributed by atoms with E-state index in [-0.39, 0.29) is 25.5 Å². The van der Waals surface area contributed by atoms with Crippen molar-refractivity contribution in [3.05, 3.63) is 124 Å². The van der Waals surface area contributed by atoms with Crippen LogP contribution in [0.1, 0.15) is 34.8 Å². The second-order valence-corrected chi connectivity index (χ2v) is 9.16. The summed E-state index contributed by atoms with van der Waals surface area (Å²) in [5.41, 5.74) is 16.3. The Balaban J connectivity index is 1.80. The summed E-state index contributed by atoms with van der Waals surface area (Å²) in [6.07, 6.45) is 1.60. The molecule has 0 fully saturated rings. The minimum Gasteiger partial charge on any atom is -0.494 e. The Morgan fingerprint density at radius 3 is 2.62 bits per heavy atom. The number of hydrazine groups is 1. The first kappa shape index (κ1) is 28.4. The maximum Gasteiger partial charge on any atom is 0.266 e. The summed E-state index contributed by atoms with van der Waals surface area (Å²) in [6.45, 7) is 4.61. The minimum absolute atomic E-state index is 0.0541. The molecule has 0 aromatic heterocycles. The molecule has 4 rings (SSSR count). The lowest BCUT2D eigenvalue weighted by Gasteiger charge is -2.31. The third-order valence-electron chi connectivity index (χ3n) is 6.44. The molecule has 0 aliphatic carbocycles. The van der Waals surface area contributed by atoms with Gasteiger partial charge in [-0.3, -0.25) is 10.2 Å². The fourth-order valence-corrected chi connectivity index (χ4v) is 4.52. The fourth-order valence-electron chi connectivity index (χ4n) is 4.52. The Bertz CT molecular complexity index is 1370. The molecule has 206 valence electrons. The van der Waals surface area contributed by atoms with E-state index >= 15 is 0 Å². The SMILES string of the molecule is C=CCNNC(=O)[C@@]1(Cc2ccccc2)N=C(c2ccc(OCCCO)cc2)O[C@H]1c1ccccc1CN=[N+]=[N-]. The predicted molar refractivity (Wildman–Crippen MR) is 153 cm³/mol. The molecular weight excluding hydrogens is 508 g/mol. The standard InChI is InChI=1S/C30H32N6O4/c1-2-17-32-35-29(38)30(20-22-9-4-3-5-10-22)27(26-12-7-6-11-24(26)21-33-36-31)40-28(34-30)23-13-15-25(16-14-23)39-19-8-18-37/h2-7,9-16,27,32,37H,1,8,17-21H2,(H,35,38)/t27-,30-/m0/s1. The van der Waals surface area contributed by atoms with Crippen LogP contribution in [0.3, 0.4) is 0 Å². The van der Waals surface area contributed by atoms with Crippen molar-refractivity contribution in [1.29, 1.82) is 0 Å². The first-order valence-electron chi connectivity index (χ1n) is 13.0. The van der Waals surface area contributed by atoms with Gasteiger partial charge in [-0.15, -0.1) is 6.58 Å². The predicted octanol–water partition coefficient (Wildman–Crippen LogP) is 4.56. The first-order valence-corrected chi connectivity index (χ1v) is 13.0. The van der Waals surface area contributed by atoms with Gasteiger partial charge >= 0.3 is 0 Å². The van der Waals surface area contributed by atoms with Gasteiger partial charge in [-0.1, -0.05) is 65.8 Å². The van der Waals surface area contributed by atoms with E-state index in [1.54, 1.807) is 18.2 Å². The number of nitrogens with one attached hydrogen (secondary N) is 2. The van der Waals surface area contributed by atoms with Gasteiger partial charge in [0.2, 0.25) is 5.90 Å². The number of azide groups is 1. The number of benzene rings is 3. The maximum atomic E-state index is 14.0. The Hall–Kier alpha value is -4.63. The van der Waals surface area contributed by atoms with Crippen LogP contribution in [-0.2, 0) is 22.5 Å². The second kappa shape index (κ2) is 14.0. The van der Waals surface area contributed by atoms with Gasteiger partial charge in [-0.25, -0.2) is 10.4 Å². The van der Waals surface area contributed by atoms with Gasteiger partial charge < -0.3 is 14.6 Å². The van der Waals surface area contributed by atoms with E-state index in [0.717, 1.165) is 11.1 Å². The van der Waals surface area contributed by atoms with Crippen molar-refractivity contribution in [3.8, 4) is 5.75 Å². The Morgan fingerprint density at radius 1 is 1.15 bits per heavy atom. The highest BCUT2D eigenvalue weighted by molar-refractivity contribution is 6.01. The highest BCUT2D eigenvalue weighted by Gasteiger charge is 2.53. The van der Waals surface area contributed by atoms with Crippen molar-refractivity contribution in [1.82, 2.24) is 10.9 Å². The van der Waals surface area contributed by atoms with Crippen LogP contribution in [0.25, 0.3) is 10.4 Å². The molecule has 1 amide bonds. The second-order valence-electron chi connectivity index (χ2n) is 9.16. The highest BCUT2D eigenvalue weighted by atomic mass is 16.5. The molecule has 3 N–H and O–H groups in total. The molecule has 3 aromatic rings. The quantitative estimate of drug-likeness (QED) is 0.0686. The van der Waals surface area contributed by atoms with Gasteiger partial charge in [-0.05, 0) is 46.5 Å².